The Kier molecular flexibility index (Phi) is 11.4. The van der Waals surface area contributed by atoms with Crippen LogP contribution in [0.5, 0.6) is 0 Å². The van der Waals surface area contributed by atoms with Crippen molar-refractivity contribution < 1.29 is 0 Å². The molecule has 5 nitrogen and oxygen atoms in total. The summed E-state index contributed by atoms with van der Waals surface area (Å²) in [7, 11) is 0. The van der Waals surface area contributed by atoms with Gasteiger partial charge in [-0.15, -0.1) is 0 Å². The zero-order valence-electron chi connectivity index (χ0n) is 50.8. The molecule has 5 heteroatoms. The molecule has 0 unspecified atom stereocenters. The fourth-order valence-electron chi connectivity index (χ4n) is 15.9. The summed E-state index contributed by atoms with van der Waals surface area (Å²) in [5, 5.41) is 9.99. The van der Waals surface area contributed by atoms with E-state index in [-0.39, 0.29) is 0 Å². The van der Waals surface area contributed by atoms with E-state index in [1.165, 1.54) is 160 Å². The molecule has 0 N–H and O–H groups in total. The monoisotopic (exact) mass is 1190 g/mol. The zero-order valence-corrected chi connectivity index (χ0v) is 50.8. The van der Waals surface area contributed by atoms with Crippen molar-refractivity contribution in [2.75, 3.05) is 0 Å². The predicted octanol–water partition coefficient (Wildman–Crippen LogP) is 23.3. The highest BCUT2D eigenvalue weighted by Crippen LogP contribution is 2.61. The van der Waals surface area contributed by atoms with E-state index in [4.69, 9.17) is 9.97 Å². The largest absolute Gasteiger partial charge is 0.306 e. The molecule has 0 bridgehead atoms. The van der Waals surface area contributed by atoms with Crippen LogP contribution < -0.4 is 0 Å². The Bertz CT molecular complexity index is 5800. The molecule has 0 fully saturated rings. The third-order valence-electron chi connectivity index (χ3n) is 20.0. The highest BCUT2D eigenvalue weighted by atomic mass is 15.0. The highest BCUT2D eigenvalue weighted by Gasteiger charge is 2.34. The summed E-state index contributed by atoms with van der Waals surface area (Å²) in [5.41, 5.74) is 32.8. The maximum Gasteiger partial charge on any atom is 0.155 e. The standard InChI is InChI=1S/C89H53N5/c1-3-17-56(18-4-1)80-68-25-7-10-28-71(68)83(89-75-45-43-64(66-29-15-31-72(84(66)75)86(80)89)60-21-13-23-62(49-60)76-52-93-47-12-11-33-78(93)91-76)59-40-36-55(37-41-59)54-34-38-58(39-35-54)82-70-27-9-8-26-69(70)81(57-19-5-2-6-20-57)88-74-44-42-65(67-30-16-32-73(85(67)74)87(82)88)61-22-14-24-63(50-61)77-53-94-48-46-90-51-79(94)92-77/h1-53H. The van der Waals surface area contributed by atoms with E-state index in [1.54, 1.807) is 12.4 Å². The van der Waals surface area contributed by atoms with Gasteiger partial charge >= 0.3 is 0 Å². The molecule has 0 saturated carbocycles. The van der Waals surface area contributed by atoms with Crippen LogP contribution in [-0.2, 0) is 0 Å². The number of pyridine rings is 1. The first-order valence-electron chi connectivity index (χ1n) is 32.2. The maximum absolute atomic E-state index is 5.01. The van der Waals surface area contributed by atoms with Crippen LogP contribution in [0.25, 0.3) is 199 Å². The molecule has 0 saturated heterocycles. The lowest BCUT2D eigenvalue weighted by atomic mass is 9.82. The summed E-state index contributed by atoms with van der Waals surface area (Å²) in [4.78, 5) is 14.3. The molecule has 0 spiro atoms. The van der Waals surface area contributed by atoms with E-state index in [0.717, 1.165) is 39.4 Å². The molecular weight excluding hydrogens is 1140 g/mol. The third-order valence-corrected chi connectivity index (χ3v) is 20.0. The van der Waals surface area contributed by atoms with E-state index < -0.39 is 0 Å². The van der Waals surface area contributed by atoms with Gasteiger partial charge in [-0.2, -0.15) is 0 Å². The second-order valence-corrected chi connectivity index (χ2v) is 25.0. The first-order chi connectivity index (χ1) is 46.6. The number of aromatic nitrogens is 5. The van der Waals surface area contributed by atoms with Crippen molar-refractivity contribution in [1.29, 1.82) is 0 Å². The molecule has 2 aliphatic carbocycles. The molecule has 2 aliphatic rings. The van der Waals surface area contributed by atoms with Gasteiger partial charge in [0.2, 0.25) is 0 Å². The van der Waals surface area contributed by atoms with Crippen molar-refractivity contribution in [1.82, 2.24) is 23.8 Å². The SMILES string of the molecule is c1ccc(-c2c3c(c(-c4ccc(-c5ccc(-c6c7c(c(-c8ccccc8)c8ccccc68)-c6ccc(-c8cccc(-c9cn%10ccncc%10n9)c8)c8cccc-7c68)cc5)cc4)c4ccccc24)-c2ccc(-c4cccc(-c5cn6ccccc6n5)c4)c4cccc-3c24)cc1. The lowest BCUT2D eigenvalue weighted by molar-refractivity contribution is 1.13. The Balaban J connectivity index is 0.711. The van der Waals surface area contributed by atoms with Crippen LogP contribution in [0.2, 0.25) is 0 Å². The van der Waals surface area contributed by atoms with Gasteiger partial charge in [0.25, 0.3) is 0 Å². The summed E-state index contributed by atoms with van der Waals surface area (Å²) in [6.07, 6.45) is 11.8. The van der Waals surface area contributed by atoms with Gasteiger partial charge in [-0.3, -0.25) is 4.98 Å². The number of hydrogen-bond donors (Lipinski definition) is 0. The summed E-state index contributed by atoms with van der Waals surface area (Å²) >= 11 is 0. The second-order valence-electron chi connectivity index (χ2n) is 25.0. The molecule has 0 amide bonds. The summed E-state index contributed by atoms with van der Waals surface area (Å²) in [6.45, 7) is 0. The number of benzene rings is 14. The van der Waals surface area contributed by atoms with E-state index >= 15 is 0 Å². The quantitative estimate of drug-likeness (QED) is 0.145. The number of imidazole rings is 2. The molecule has 20 rings (SSSR count). The van der Waals surface area contributed by atoms with Gasteiger partial charge in [0.15, 0.2) is 5.65 Å². The number of rotatable bonds is 9. The Morgan fingerprint density at radius 3 is 1.03 bits per heavy atom. The normalized spacial score (nSPS) is 12.0. The second kappa shape index (κ2) is 20.5. The van der Waals surface area contributed by atoms with Gasteiger partial charge in [-0.1, -0.05) is 261 Å². The Hall–Kier alpha value is -12.6. The molecule has 0 atom stereocenters. The van der Waals surface area contributed by atoms with Crippen LogP contribution in [0.1, 0.15) is 0 Å². The third kappa shape index (κ3) is 7.85. The average molecular weight is 1190 g/mol. The van der Waals surface area contributed by atoms with Crippen LogP contribution in [0, 0.1) is 0 Å². The molecule has 18 aromatic rings. The van der Waals surface area contributed by atoms with E-state index in [9.17, 15) is 0 Å². The van der Waals surface area contributed by atoms with Crippen molar-refractivity contribution in [2.24, 2.45) is 0 Å². The first kappa shape index (κ1) is 52.2. The topological polar surface area (TPSA) is 47.5 Å². The number of hydrogen-bond acceptors (Lipinski definition) is 3. The van der Waals surface area contributed by atoms with Crippen LogP contribution >= 0.6 is 0 Å². The van der Waals surface area contributed by atoms with Crippen LogP contribution in [0.15, 0.2) is 322 Å². The van der Waals surface area contributed by atoms with Gasteiger partial charge in [-0.25, -0.2) is 9.97 Å². The predicted molar refractivity (Wildman–Crippen MR) is 390 cm³/mol. The van der Waals surface area contributed by atoms with Crippen molar-refractivity contribution in [3.05, 3.63) is 322 Å². The molecule has 0 aliphatic heterocycles. The summed E-state index contributed by atoms with van der Waals surface area (Å²) in [5.74, 6) is 0. The van der Waals surface area contributed by atoms with Gasteiger partial charge < -0.3 is 8.80 Å². The highest BCUT2D eigenvalue weighted by molar-refractivity contribution is 6.31. The van der Waals surface area contributed by atoms with Gasteiger partial charge in [0.05, 0.1) is 17.6 Å². The van der Waals surface area contributed by atoms with Gasteiger partial charge in [0.1, 0.15) is 5.65 Å². The van der Waals surface area contributed by atoms with Crippen molar-refractivity contribution in [3.63, 3.8) is 0 Å². The van der Waals surface area contributed by atoms with Crippen LogP contribution in [-0.4, -0.2) is 23.8 Å². The van der Waals surface area contributed by atoms with Crippen LogP contribution in [0.4, 0.5) is 0 Å². The number of nitrogens with zero attached hydrogens (tertiary/aromatic N) is 5. The minimum atomic E-state index is 0.825. The fraction of sp³-hybridized carbons (Fsp3) is 0. The molecule has 14 aromatic carbocycles. The first-order valence-corrected chi connectivity index (χ1v) is 32.2. The molecule has 4 aromatic heterocycles. The maximum atomic E-state index is 5.01. The average Bonchev–Trinajstić information content (AvgIpc) is 1.52. The molecule has 4 heterocycles. The minimum Gasteiger partial charge on any atom is -0.306 e. The van der Waals surface area contributed by atoms with Crippen LogP contribution in [0.3, 0.4) is 0 Å². The van der Waals surface area contributed by atoms with Crippen molar-refractivity contribution in [3.8, 4) is 145 Å². The fourth-order valence-corrected chi connectivity index (χ4v) is 15.9. The van der Waals surface area contributed by atoms with Crippen molar-refractivity contribution in [2.45, 2.75) is 0 Å². The Morgan fingerprint density at radius 1 is 0.223 bits per heavy atom. The van der Waals surface area contributed by atoms with E-state index in [2.05, 4.69) is 301 Å². The molecular formula is C89H53N5. The lowest BCUT2D eigenvalue weighted by Crippen LogP contribution is -1.94. The molecule has 94 heavy (non-hydrogen) atoms. The molecule has 0 radical (unpaired) electrons. The lowest BCUT2D eigenvalue weighted by Gasteiger charge is -2.21. The zero-order chi connectivity index (χ0) is 61.5. The summed E-state index contributed by atoms with van der Waals surface area (Å²) < 4.78 is 4.12. The minimum absolute atomic E-state index is 0.825. The van der Waals surface area contributed by atoms with Crippen molar-refractivity contribution >= 4 is 54.4 Å². The van der Waals surface area contributed by atoms with Gasteiger partial charge in [-0.05, 0) is 190 Å². The van der Waals surface area contributed by atoms with E-state index in [0.29, 0.717) is 0 Å². The Labute approximate surface area is 542 Å². The Morgan fingerprint density at radius 2 is 0.574 bits per heavy atom. The summed E-state index contributed by atoms with van der Waals surface area (Å²) in [6, 6.07) is 106. The smallest absolute Gasteiger partial charge is 0.155 e. The van der Waals surface area contributed by atoms with Gasteiger partial charge in [0, 0.05) is 42.1 Å². The number of fused-ring (bicyclic) bond motifs is 10. The molecule has 434 valence electrons. The van der Waals surface area contributed by atoms with E-state index in [1.807, 2.05) is 22.7 Å².